The van der Waals surface area contributed by atoms with Crippen molar-refractivity contribution < 1.29 is 14.4 Å². The average Bonchev–Trinajstić information content (AvgIpc) is 3.41. The molecule has 2 aliphatic rings. The number of nitrogens with one attached hydrogen (secondary N) is 3. The minimum Gasteiger partial charge on any atom is -0.361 e. The Morgan fingerprint density at radius 2 is 1.94 bits per heavy atom. The molecule has 1 atom stereocenters. The van der Waals surface area contributed by atoms with E-state index in [1.807, 2.05) is 30.5 Å². The zero-order valence-electron chi connectivity index (χ0n) is 18.3. The molecule has 3 heterocycles. The number of carbonyl (C=O) groups excluding carboxylic acids is 3. The molecule has 2 aromatic carbocycles. The van der Waals surface area contributed by atoms with E-state index in [1.165, 1.54) is 0 Å². The molecule has 1 aromatic heterocycles. The predicted octanol–water partition coefficient (Wildman–Crippen LogP) is 1.95. The van der Waals surface area contributed by atoms with E-state index in [-0.39, 0.29) is 23.8 Å². The highest BCUT2D eigenvalue weighted by molar-refractivity contribution is 6.01. The molecule has 1 fully saturated rings. The minimum absolute atomic E-state index is 0.000552. The monoisotopic (exact) mass is 445 g/mol. The number of likely N-dealkylation sites (tertiary alicyclic amines) is 1. The number of aromatic nitrogens is 1. The van der Waals surface area contributed by atoms with Crippen molar-refractivity contribution in [2.24, 2.45) is 5.73 Å². The number of anilines is 1. The van der Waals surface area contributed by atoms with Crippen LogP contribution in [0.2, 0.25) is 0 Å². The number of hydrogen-bond donors (Lipinski definition) is 4. The van der Waals surface area contributed by atoms with Crippen LogP contribution in [0.5, 0.6) is 0 Å². The number of fused-ring (bicyclic) bond motifs is 2. The van der Waals surface area contributed by atoms with Crippen LogP contribution < -0.4 is 16.4 Å². The van der Waals surface area contributed by atoms with Crippen molar-refractivity contribution in [2.75, 3.05) is 18.4 Å². The third kappa shape index (κ3) is 4.34. The minimum atomic E-state index is -0.599. The summed E-state index contributed by atoms with van der Waals surface area (Å²) in [4.78, 5) is 42.1. The summed E-state index contributed by atoms with van der Waals surface area (Å²) in [6.45, 7) is 1.13. The molecule has 2 aliphatic heterocycles. The second-order valence-electron chi connectivity index (χ2n) is 8.84. The van der Waals surface area contributed by atoms with Crippen LogP contribution in [0, 0.1) is 0 Å². The van der Waals surface area contributed by atoms with Crippen molar-refractivity contribution in [1.29, 1.82) is 0 Å². The summed E-state index contributed by atoms with van der Waals surface area (Å²) in [5, 5.41) is 6.93. The number of nitrogens with two attached hydrogens (primary N) is 1. The molecule has 170 valence electrons. The summed E-state index contributed by atoms with van der Waals surface area (Å²) in [5.41, 5.74) is 10.5. The Balaban J connectivity index is 1.14. The number of hydrogen-bond acceptors (Lipinski definition) is 4. The molecule has 0 bridgehead atoms. The summed E-state index contributed by atoms with van der Waals surface area (Å²) < 4.78 is 0. The van der Waals surface area contributed by atoms with Gasteiger partial charge in [0.25, 0.3) is 5.91 Å². The van der Waals surface area contributed by atoms with Crippen LogP contribution in [0.15, 0.2) is 48.7 Å². The summed E-state index contributed by atoms with van der Waals surface area (Å²) >= 11 is 0. The molecule has 3 amide bonds. The molecule has 0 unspecified atom stereocenters. The molecule has 0 aliphatic carbocycles. The Kier molecular flexibility index (Phi) is 5.60. The van der Waals surface area contributed by atoms with Gasteiger partial charge in [-0.15, -0.1) is 0 Å². The highest BCUT2D eigenvalue weighted by atomic mass is 16.2. The topological polar surface area (TPSA) is 120 Å². The van der Waals surface area contributed by atoms with Crippen molar-refractivity contribution in [3.05, 3.63) is 65.4 Å². The van der Waals surface area contributed by atoms with Gasteiger partial charge in [0.05, 0.1) is 12.5 Å². The predicted molar refractivity (Wildman–Crippen MR) is 126 cm³/mol. The van der Waals surface area contributed by atoms with E-state index in [1.54, 1.807) is 23.1 Å². The van der Waals surface area contributed by atoms with Crippen LogP contribution in [-0.2, 0) is 22.4 Å². The summed E-state index contributed by atoms with van der Waals surface area (Å²) in [6.07, 6.45) is 4.07. The standard InChI is InChI=1S/C25H27N5O3/c26-20(12-17-14-27-22-4-2-1-3-19(17)22)25(33)30-9-7-18(8-10-30)28-24(32)15-5-6-21-16(11-15)13-23(31)29-21/h1-6,11,14,18,20,27H,7-10,12-13,26H2,(H,28,32)(H,29,31)/t20-/m0/s1. The van der Waals surface area contributed by atoms with Crippen molar-refractivity contribution in [3.8, 4) is 0 Å². The average molecular weight is 446 g/mol. The van der Waals surface area contributed by atoms with E-state index in [0.29, 0.717) is 44.3 Å². The van der Waals surface area contributed by atoms with Gasteiger partial charge in [-0.1, -0.05) is 18.2 Å². The number of H-pyrrole nitrogens is 1. The van der Waals surface area contributed by atoms with Gasteiger partial charge in [-0.2, -0.15) is 0 Å². The molecular weight excluding hydrogens is 418 g/mol. The first-order chi connectivity index (χ1) is 16.0. The second-order valence-corrected chi connectivity index (χ2v) is 8.84. The second kappa shape index (κ2) is 8.71. The lowest BCUT2D eigenvalue weighted by atomic mass is 10.0. The number of aromatic amines is 1. The highest BCUT2D eigenvalue weighted by Crippen LogP contribution is 2.24. The normalized spacial score (nSPS) is 17.0. The fourth-order valence-corrected chi connectivity index (χ4v) is 4.74. The molecule has 33 heavy (non-hydrogen) atoms. The fraction of sp³-hybridized carbons (Fsp3) is 0.320. The Morgan fingerprint density at radius 3 is 2.76 bits per heavy atom. The molecule has 1 saturated heterocycles. The maximum absolute atomic E-state index is 12.9. The SMILES string of the molecule is N[C@@H](Cc1c[nH]c2ccccc12)C(=O)N1CCC(NC(=O)c2ccc3c(c2)CC(=O)N3)CC1. The summed E-state index contributed by atoms with van der Waals surface area (Å²) in [6, 6.07) is 12.6. The molecule has 0 saturated carbocycles. The van der Waals surface area contributed by atoms with E-state index in [4.69, 9.17) is 5.73 Å². The number of rotatable bonds is 5. The molecule has 0 spiro atoms. The zero-order chi connectivity index (χ0) is 22.9. The lowest BCUT2D eigenvalue weighted by Gasteiger charge is -2.34. The van der Waals surface area contributed by atoms with Crippen molar-refractivity contribution in [3.63, 3.8) is 0 Å². The maximum atomic E-state index is 12.9. The van der Waals surface area contributed by atoms with E-state index in [2.05, 4.69) is 15.6 Å². The summed E-state index contributed by atoms with van der Waals surface area (Å²) in [7, 11) is 0. The van der Waals surface area contributed by atoms with Gasteiger partial charge in [-0.25, -0.2) is 0 Å². The summed E-state index contributed by atoms with van der Waals surface area (Å²) in [5.74, 6) is -0.263. The van der Waals surface area contributed by atoms with Crippen LogP contribution in [0.4, 0.5) is 5.69 Å². The number of benzene rings is 2. The van der Waals surface area contributed by atoms with Crippen molar-refractivity contribution >= 4 is 34.3 Å². The van der Waals surface area contributed by atoms with Crippen molar-refractivity contribution in [2.45, 2.75) is 37.8 Å². The number of piperidine rings is 1. The largest absolute Gasteiger partial charge is 0.361 e. The van der Waals surface area contributed by atoms with Gasteiger partial charge >= 0.3 is 0 Å². The third-order valence-electron chi connectivity index (χ3n) is 6.57. The zero-order valence-corrected chi connectivity index (χ0v) is 18.3. The van der Waals surface area contributed by atoms with Crippen LogP contribution in [0.25, 0.3) is 10.9 Å². The highest BCUT2D eigenvalue weighted by Gasteiger charge is 2.28. The smallest absolute Gasteiger partial charge is 0.251 e. The van der Waals surface area contributed by atoms with Gasteiger partial charge in [0.2, 0.25) is 11.8 Å². The van der Waals surface area contributed by atoms with Gasteiger partial charge in [-0.3, -0.25) is 14.4 Å². The van der Waals surface area contributed by atoms with Gasteiger partial charge in [0, 0.05) is 47.5 Å². The van der Waals surface area contributed by atoms with Crippen LogP contribution in [0.1, 0.15) is 34.3 Å². The third-order valence-corrected chi connectivity index (χ3v) is 6.57. The van der Waals surface area contributed by atoms with Crippen LogP contribution >= 0.6 is 0 Å². The molecule has 5 rings (SSSR count). The van der Waals surface area contributed by atoms with E-state index >= 15 is 0 Å². The lowest BCUT2D eigenvalue weighted by Crippen LogP contribution is -2.51. The Hall–Kier alpha value is -3.65. The van der Waals surface area contributed by atoms with Gasteiger partial charge in [-0.05, 0) is 54.7 Å². The van der Waals surface area contributed by atoms with Gasteiger partial charge in [0.1, 0.15) is 0 Å². The van der Waals surface area contributed by atoms with Crippen molar-refractivity contribution in [1.82, 2.24) is 15.2 Å². The molecule has 5 N–H and O–H groups in total. The molecular formula is C25H27N5O3. The first-order valence-corrected chi connectivity index (χ1v) is 11.3. The molecule has 0 radical (unpaired) electrons. The van der Waals surface area contributed by atoms with E-state index < -0.39 is 6.04 Å². The lowest BCUT2D eigenvalue weighted by molar-refractivity contribution is -0.133. The van der Waals surface area contributed by atoms with Gasteiger partial charge < -0.3 is 26.3 Å². The number of nitrogens with zero attached hydrogens (tertiary/aromatic N) is 1. The van der Waals surface area contributed by atoms with Gasteiger partial charge in [0.15, 0.2) is 0 Å². The first kappa shape index (κ1) is 21.2. The maximum Gasteiger partial charge on any atom is 0.251 e. The van der Waals surface area contributed by atoms with Crippen LogP contribution in [0.3, 0.4) is 0 Å². The number of para-hydroxylation sites is 1. The van der Waals surface area contributed by atoms with E-state index in [0.717, 1.165) is 27.7 Å². The molecule has 3 aromatic rings. The fourth-order valence-electron chi connectivity index (χ4n) is 4.74. The Labute approximate surface area is 191 Å². The quantitative estimate of drug-likeness (QED) is 0.480. The molecule has 8 nitrogen and oxygen atoms in total. The number of carbonyl (C=O) groups is 3. The Morgan fingerprint density at radius 1 is 1.15 bits per heavy atom. The van der Waals surface area contributed by atoms with Crippen LogP contribution in [-0.4, -0.2) is 52.8 Å². The Bertz CT molecular complexity index is 1230. The van der Waals surface area contributed by atoms with E-state index in [9.17, 15) is 14.4 Å². The number of amides is 3. The molecule has 8 heteroatoms. The first-order valence-electron chi connectivity index (χ1n) is 11.3.